The number of ether oxygens (including phenoxy) is 4. The van der Waals surface area contributed by atoms with Gasteiger partial charge in [-0.2, -0.15) is 0 Å². The quantitative estimate of drug-likeness (QED) is 0.0959. The van der Waals surface area contributed by atoms with Crippen LogP contribution in [0.5, 0.6) is 0 Å². The van der Waals surface area contributed by atoms with E-state index in [2.05, 4.69) is 14.7 Å². The summed E-state index contributed by atoms with van der Waals surface area (Å²) in [6, 6.07) is -0.128. The number of nitrogens with two attached hydrogens (primary N) is 2. The van der Waals surface area contributed by atoms with Gasteiger partial charge in [0.2, 0.25) is 5.91 Å². The lowest BCUT2D eigenvalue weighted by atomic mass is 10.2. The molecule has 28 heavy (non-hydrogen) atoms. The Morgan fingerprint density at radius 2 is 1.50 bits per heavy atom. The van der Waals surface area contributed by atoms with Crippen LogP contribution in [-0.2, 0) is 28.5 Å². The molecule has 2 atom stereocenters. The Morgan fingerprint density at radius 1 is 0.964 bits per heavy atom. The summed E-state index contributed by atoms with van der Waals surface area (Å²) in [5.41, 5.74) is 8.22. The minimum atomic E-state index is -0.128. The Balaban J connectivity index is 3.30. The molecule has 0 aliphatic rings. The van der Waals surface area contributed by atoms with Crippen molar-refractivity contribution in [3.63, 3.8) is 0 Å². The van der Waals surface area contributed by atoms with E-state index in [1.54, 1.807) is 11.9 Å². The van der Waals surface area contributed by atoms with Gasteiger partial charge in [-0.15, -0.1) is 0 Å². The zero-order valence-electron chi connectivity index (χ0n) is 16.9. The van der Waals surface area contributed by atoms with Crippen molar-refractivity contribution in [3.05, 3.63) is 0 Å². The van der Waals surface area contributed by atoms with E-state index in [1.165, 1.54) is 0 Å². The minimum absolute atomic E-state index is 0.0188. The Hall–Kier alpha value is -0.710. The number of rotatable bonds is 20. The predicted octanol–water partition coefficient (Wildman–Crippen LogP) is -1.13. The number of hydrogen-bond donors (Lipinski definition) is 3. The maximum Gasteiger partial charge on any atom is 0.222 e. The summed E-state index contributed by atoms with van der Waals surface area (Å²) in [4.78, 5) is 24.2. The van der Waals surface area contributed by atoms with Crippen LogP contribution in [0.3, 0.4) is 0 Å². The number of nitrogens with one attached hydrogen (secondary N) is 1. The van der Waals surface area contributed by atoms with Crippen molar-refractivity contribution in [1.29, 1.82) is 0 Å². The third kappa shape index (κ3) is 18.6. The highest BCUT2D eigenvalue weighted by Crippen LogP contribution is 2.03. The van der Waals surface area contributed by atoms with Gasteiger partial charge in [-0.05, 0) is 6.42 Å². The lowest BCUT2D eigenvalue weighted by Gasteiger charge is -2.17. The van der Waals surface area contributed by atoms with Crippen molar-refractivity contribution in [1.82, 2.24) is 10.3 Å². The van der Waals surface area contributed by atoms with Gasteiger partial charge >= 0.3 is 0 Å². The van der Waals surface area contributed by atoms with Crippen molar-refractivity contribution < 1.29 is 28.5 Å². The van der Waals surface area contributed by atoms with Crippen LogP contribution in [0.15, 0.2) is 0 Å². The average Bonchev–Trinajstić information content (AvgIpc) is 2.65. The summed E-state index contributed by atoms with van der Waals surface area (Å²) in [5, 5.41) is 0. The average molecular weight is 424 g/mol. The highest BCUT2D eigenvalue weighted by atomic mass is 31.0. The maximum absolute atomic E-state index is 11.8. The van der Waals surface area contributed by atoms with Gasteiger partial charge < -0.3 is 29.6 Å². The summed E-state index contributed by atoms with van der Waals surface area (Å²) in [5.74, 6) is 5.18. The molecule has 0 aliphatic carbocycles. The van der Waals surface area contributed by atoms with Gasteiger partial charge in [0.05, 0.1) is 52.9 Å². The van der Waals surface area contributed by atoms with E-state index in [9.17, 15) is 9.59 Å². The molecule has 0 aliphatic heterocycles. The molecule has 0 heterocycles. The zero-order valence-corrected chi connectivity index (χ0v) is 18.1. The van der Waals surface area contributed by atoms with E-state index in [-0.39, 0.29) is 17.5 Å². The number of nitrogens with zero attached hydrogens (tertiary/aromatic N) is 1. The van der Waals surface area contributed by atoms with Gasteiger partial charge in [-0.1, -0.05) is 9.24 Å². The first-order chi connectivity index (χ1) is 13.5. The number of amides is 1. The van der Waals surface area contributed by atoms with E-state index in [1.807, 2.05) is 0 Å². The van der Waals surface area contributed by atoms with Gasteiger partial charge in [-0.3, -0.25) is 20.9 Å². The Morgan fingerprint density at radius 3 is 2.04 bits per heavy atom. The van der Waals surface area contributed by atoms with Crippen LogP contribution in [0.4, 0.5) is 0 Å². The zero-order chi connectivity index (χ0) is 21.0. The molecule has 2 unspecified atom stereocenters. The largest absolute Gasteiger partial charge is 0.377 e. The summed E-state index contributed by atoms with van der Waals surface area (Å²) in [6.07, 6.45) is 1.37. The van der Waals surface area contributed by atoms with Crippen molar-refractivity contribution in [2.75, 3.05) is 73.0 Å². The first kappa shape index (κ1) is 27.3. The number of hydrogen-bond acceptors (Lipinski definition) is 9. The molecular formula is C17H37N4O6P. The van der Waals surface area contributed by atoms with Crippen LogP contribution in [0.25, 0.3) is 0 Å². The first-order valence-corrected chi connectivity index (χ1v) is 10.1. The van der Waals surface area contributed by atoms with Gasteiger partial charge in [0.25, 0.3) is 0 Å². The van der Waals surface area contributed by atoms with Crippen LogP contribution in [-0.4, -0.2) is 95.4 Å². The molecule has 0 saturated carbocycles. The van der Waals surface area contributed by atoms with Crippen molar-refractivity contribution in [3.8, 4) is 0 Å². The summed E-state index contributed by atoms with van der Waals surface area (Å²) < 4.78 is 21.5. The fourth-order valence-corrected chi connectivity index (χ4v) is 2.24. The molecule has 5 N–H and O–H groups in total. The normalized spacial score (nSPS) is 12.1. The summed E-state index contributed by atoms with van der Waals surface area (Å²) >= 11 is 0. The van der Waals surface area contributed by atoms with E-state index in [4.69, 9.17) is 30.5 Å². The van der Waals surface area contributed by atoms with Crippen molar-refractivity contribution >= 4 is 20.7 Å². The lowest BCUT2D eigenvalue weighted by Crippen LogP contribution is -2.40. The van der Waals surface area contributed by atoms with Gasteiger partial charge in [0, 0.05) is 39.0 Å². The Labute approximate surface area is 170 Å². The molecule has 0 saturated heterocycles. The highest BCUT2D eigenvalue weighted by Gasteiger charge is 2.08. The molecule has 0 fully saturated rings. The molecule has 0 aromatic carbocycles. The molecule has 0 rings (SSSR count). The van der Waals surface area contributed by atoms with Crippen LogP contribution in [0.2, 0.25) is 0 Å². The molecule has 1 amide bonds. The molecule has 166 valence electrons. The van der Waals surface area contributed by atoms with Gasteiger partial charge in [-0.25, -0.2) is 0 Å². The van der Waals surface area contributed by atoms with Gasteiger partial charge in [0.15, 0.2) is 0 Å². The van der Waals surface area contributed by atoms with E-state index < -0.39 is 0 Å². The fourth-order valence-electron chi connectivity index (χ4n) is 2.04. The molecule has 10 nitrogen and oxygen atoms in total. The van der Waals surface area contributed by atoms with Crippen LogP contribution >= 0.6 is 9.24 Å². The number of hydrazine groups is 1. The third-order valence-corrected chi connectivity index (χ3v) is 3.93. The molecule has 0 aromatic rings. The second-order valence-electron chi connectivity index (χ2n) is 6.22. The van der Waals surface area contributed by atoms with E-state index >= 15 is 0 Å². The summed E-state index contributed by atoms with van der Waals surface area (Å²) in [7, 11) is 3.85. The lowest BCUT2D eigenvalue weighted by molar-refractivity contribution is -0.130. The number of carbonyl (C=O) groups excluding carboxylic acids is 2. The van der Waals surface area contributed by atoms with Gasteiger partial charge in [0.1, 0.15) is 5.52 Å². The van der Waals surface area contributed by atoms with Crippen LogP contribution in [0.1, 0.15) is 19.3 Å². The predicted molar refractivity (Wildman–Crippen MR) is 110 cm³/mol. The molecular weight excluding hydrogens is 387 g/mol. The monoisotopic (exact) mass is 424 g/mol. The van der Waals surface area contributed by atoms with E-state index in [0.29, 0.717) is 85.2 Å². The topological polar surface area (TPSA) is 138 Å². The molecule has 0 spiro atoms. The van der Waals surface area contributed by atoms with E-state index in [0.717, 1.165) is 0 Å². The standard InChI is InChI=1S/C17H37N4O6P/c1-21(16(22)3-2-4-17(23)28)5-6-24-7-8-25-9-10-26-11-12-27-14-15(18)13-20-19/h15,20H,2-14,18-19,28H2,1H3. The molecule has 0 radical (unpaired) electrons. The SMILES string of the molecule is CN(CCOCCOCCOCCOCC(N)CNN)C(=O)CCCC(=O)P. The first-order valence-electron chi connectivity index (χ1n) is 9.49. The summed E-state index contributed by atoms with van der Waals surface area (Å²) in [6.45, 7) is 4.74. The van der Waals surface area contributed by atoms with Crippen LogP contribution < -0.4 is 17.0 Å². The Bertz CT molecular complexity index is 406. The maximum atomic E-state index is 11.8. The third-order valence-electron chi connectivity index (χ3n) is 3.64. The second-order valence-corrected chi connectivity index (χ2v) is 6.86. The van der Waals surface area contributed by atoms with Crippen molar-refractivity contribution in [2.45, 2.75) is 25.3 Å². The number of carbonyl (C=O) groups is 2. The van der Waals surface area contributed by atoms with Crippen molar-refractivity contribution in [2.24, 2.45) is 11.6 Å². The molecule has 11 heteroatoms. The highest BCUT2D eigenvalue weighted by molar-refractivity contribution is 7.40. The minimum Gasteiger partial charge on any atom is -0.377 e. The number of likely N-dealkylation sites (N-methyl/N-ethyl adjacent to an activating group) is 1. The fraction of sp³-hybridized carbons (Fsp3) is 0.882. The molecule has 0 bridgehead atoms. The second kappa shape index (κ2) is 19.6. The molecule has 0 aromatic heterocycles. The van der Waals surface area contributed by atoms with Crippen LogP contribution in [0, 0.1) is 0 Å². The smallest absolute Gasteiger partial charge is 0.222 e. The Kier molecular flexibility index (Phi) is 19.1.